The lowest BCUT2D eigenvalue weighted by atomic mass is 10.1. The van der Waals surface area contributed by atoms with Gasteiger partial charge in [-0.3, -0.25) is 4.90 Å². The van der Waals surface area contributed by atoms with E-state index >= 15 is 0 Å². The number of nitrogens with one attached hydrogen (secondary N) is 1. The molecule has 1 aromatic carbocycles. The largest absolute Gasteiger partial charge is 0.417 e. The summed E-state index contributed by atoms with van der Waals surface area (Å²) in [6.07, 6.45) is 1.03. The van der Waals surface area contributed by atoms with Crippen LogP contribution in [-0.4, -0.2) is 63.3 Å². The van der Waals surface area contributed by atoms with Gasteiger partial charge < -0.3 is 9.88 Å². The van der Waals surface area contributed by atoms with Gasteiger partial charge in [-0.25, -0.2) is 28.2 Å². The Morgan fingerprint density at radius 3 is 2.41 bits per heavy atom. The van der Waals surface area contributed by atoms with Crippen LogP contribution in [0.2, 0.25) is 0 Å². The highest BCUT2D eigenvalue weighted by Crippen LogP contribution is 2.31. The average molecular weight is 603 g/mol. The molecule has 41 heavy (non-hydrogen) atoms. The van der Waals surface area contributed by atoms with Gasteiger partial charge in [-0.05, 0) is 24.6 Å². The first kappa shape index (κ1) is 28.7. The van der Waals surface area contributed by atoms with Crippen LogP contribution in [0.15, 0.2) is 65.5 Å². The molecule has 1 aliphatic heterocycles. The van der Waals surface area contributed by atoms with Crippen LogP contribution in [0.25, 0.3) is 4.85 Å². The minimum absolute atomic E-state index is 0.0147. The molecular formula is C26H25F3N8O2S2. The first-order valence-corrected chi connectivity index (χ1v) is 14.8. The summed E-state index contributed by atoms with van der Waals surface area (Å²) in [6, 6.07) is 9.53. The van der Waals surface area contributed by atoms with E-state index in [9.17, 15) is 21.6 Å². The molecule has 0 aliphatic carbocycles. The van der Waals surface area contributed by atoms with Crippen molar-refractivity contribution in [1.29, 1.82) is 0 Å². The van der Waals surface area contributed by atoms with Crippen LogP contribution >= 0.6 is 11.3 Å². The molecule has 214 valence electrons. The van der Waals surface area contributed by atoms with Crippen LogP contribution < -0.4 is 5.32 Å². The highest BCUT2D eigenvalue weighted by molar-refractivity contribution is 7.91. The average Bonchev–Trinajstić information content (AvgIpc) is 3.63. The molecule has 1 fully saturated rings. The van der Waals surface area contributed by atoms with Crippen LogP contribution in [0.4, 0.5) is 29.8 Å². The van der Waals surface area contributed by atoms with Crippen molar-refractivity contribution >= 4 is 38.0 Å². The molecule has 10 nitrogen and oxygen atoms in total. The van der Waals surface area contributed by atoms with Gasteiger partial charge >= 0.3 is 6.18 Å². The molecular weight excluding hydrogens is 577 g/mol. The fourth-order valence-electron chi connectivity index (χ4n) is 4.46. The van der Waals surface area contributed by atoms with E-state index in [1.807, 2.05) is 18.3 Å². The summed E-state index contributed by atoms with van der Waals surface area (Å²) in [7, 11) is -3.79. The van der Waals surface area contributed by atoms with Crippen LogP contribution in [-0.2, 0) is 22.7 Å². The first-order chi connectivity index (χ1) is 19.5. The van der Waals surface area contributed by atoms with Crippen molar-refractivity contribution in [2.75, 3.05) is 31.5 Å². The van der Waals surface area contributed by atoms with Crippen LogP contribution in [0.3, 0.4) is 0 Å². The number of pyridine rings is 1. The number of aromatic nitrogens is 4. The Labute approximate surface area is 239 Å². The molecule has 5 rings (SSSR count). The number of imidazole rings is 1. The Bertz CT molecular complexity index is 1640. The van der Waals surface area contributed by atoms with E-state index in [1.165, 1.54) is 10.5 Å². The number of halogens is 3. The van der Waals surface area contributed by atoms with Crippen molar-refractivity contribution in [3.8, 4) is 0 Å². The summed E-state index contributed by atoms with van der Waals surface area (Å²) in [5.74, 6) is 0.124. The Balaban J connectivity index is 1.18. The molecule has 1 saturated heterocycles. The third-order valence-corrected chi connectivity index (χ3v) is 10.0. The van der Waals surface area contributed by atoms with Gasteiger partial charge in [-0.1, -0.05) is 35.6 Å². The fourth-order valence-corrected chi connectivity index (χ4v) is 7.07. The Hall–Kier alpha value is -3.84. The number of anilines is 2. The smallest absolute Gasteiger partial charge is 0.326 e. The number of alkyl halides is 3. The van der Waals surface area contributed by atoms with Gasteiger partial charge in [0.1, 0.15) is 5.82 Å². The predicted octanol–water partition coefficient (Wildman–Crippen LogP) is 5.16. The molecule has 1 aliphatic rings. The van der Waals surface area contributed by atoms with Crippen molar-refractivity contribution in [3.63, 3.8) is 0 Å². The zero-order valence-corrected chi connectivity index (χ0v) is 23.4. The molecule has 0 unspecified atom stereocenters. The number of piperazine rings is 1. The number of thiazole rings is 1. The minimum atomic E-state index is -4.50. The van der Waals surface area contributed by atoms with E-state index < -0.39 is 21.8 Å². The zero-order chi connectivity index (χ0) is 29.2. The topological polar surface area (TPSA) is 101 Å². The molecule has 1 N–H and O–H groups in total. The number of hydrogen-bond donors (Lipinski definition) is 1. The monoisotopic (exact) mass is 602 g/mol. The van der Waals surface area contributed by atoms with E-state index in [1.54, 1.807) is 18.5 Å². The fraction of sp³-hybridized carbons (Fsp3) is 0.308. The molecule has 4 heterocycles. The van der Waals surface area contributed by atoms with Crippen molar-refractivity contribution in [2.45, 2.75) is 29.9 Å². The predicted molar refractivity (Wildman–Crippen MR) is 147 cm³/mol. The summed E-state index contributed by atoms with van der Waals surface area (Å²) in [6.45, 7) is 11.4. The molecule has 0 radical (unpaired) electrons. The quantitative estimate of drug-likeness (QED) is 0.278. The van der Waals surface area contributed by atoms with Crippen LogP contribution in [0, 0.1) is 6.57 Å². The lowest BCUT2D eigenvalue weighted by Crippen LogP contribution is -2.48. The van der Waals surface area contributed by atoms with Gasteiger partial charge in [0.05, 0.1) is 36.4 Å². The molecule has 3 aromatic heterocycles. The number of rotatable bonds is 8. The highest BCUT2D eigenvalue weighted by Gasteiger charge is 2.32. The van der Waals surface area contributed by atoms with Gasteiger partial charge in [-0.2, -0.15) is 17.5 Å². The summed E-state index contributed by atoms with van der Waals surface area (Å²) < 4.78 is 68.3. The second kappa shape index (κ2) is 11.6. The lowest BCUT2D eigenvalue weighted by molar-refractivity contribution is -0.137. The third-order valence-electron chi connectivity index (χ3n) is 6.79. The Kier molecular flexibility index (Phi) is 8.09. The molecule has 1 atom stereocenters. The molecule has 4 aromatic rings. The third kappa shape index (κ3) is 6.41. The standard InChI is InChI=1S/C26H25F3N8O2S2/c1-18(19-3-6-21(30-2)7-4-19)37-17-31-14-22(37)16-35-9-11-36(12-10-35)41(38,39)24-15-33-25(40-24)34-23-8-5-20(13-32-23)26(27,28)29/h3-8,13-15,17-18H,9-12,16H2,1H3,(H,32,33,34)/t18-/m1/s1. The summed E-state index contributed by atoms with van der Waals surface area (Å²) in [5.41, 5.74) is 1.76. The first-order valence-electron chi connectivity index (χ1n) is 12.5. The summed E-state index contributed by atoms with van der Waals surface area (Å²) in [4.78, 5) is 17.7. The minimum Gasteiger partial charge on any atom is -0.326 e. The lowest BCUT2D eigenvalue weighted by Gasteiger charge is -2.33. The number of sulfonamides is 1. The number of benzene rings is 1. The van der Waals surface area contributed by atoms with Crippen LogP contribution in [0.1, 0.15) is 29.8 Å². The zero-order valence-electron chi connectivity index (χ0n) is 21.8. The number of nitrogens with zero attached hydrogens (tertiary/aromatic N) is 7. The second-order valence-corrected chi connectivity index (χ2v) is 12.6. The molecule has 0 spiro atoms. The van der Waals surface area contributed by atoms with Gasteiger partial charge in [0, 0.05) is 45.1 Å². The highest BCUT2D eigenvalue weighted by atomic mass is 32.2. The maximum Gasteiger partial charge on any atom is 0.417 e. The molecule has 0 saturated carbocycles. The van der Waals surface area contributed by atoms with E-state index in [0.29, 0.717) is 44.6 Å². The SMILES string of the molecule is [C-]#[N+]c1ccc([C@@H](C)n2cncc2CN2CCN(S(=O)(=O)c3cnc(Nc4ccc(C(F)(F)F)cn4)s3)CC2)cc1. The maximum absolute atomic E-state index is 13.3. The van der Waals surface area contributed by atoms with E-state index in [4.69, 9.17) is 6.57 Å². The van der Waals surface area contributed by atoms with E-state index in [2.05, 4.69) is 41.5 Å². The normalized spacial score (nSPS) is 15.9. The van der Waals surface area contributed by atoms with Crippen LogP contribution in [0.5, 0.6) is 0 Å². The van der Waals surface area contributed by atoms with Crippen molar-refractivity contribution in [2.24, 2.45) is 0 Å². The number of hydrogen-bond acceptors (Lipinski definition) is 8. The van der Waals surface area contributed by atoms with Crippen molar-refractivity contribution in [3.05, 3.63) is 89.6 Å². The summed E-state index contributed by atoms with van der Waals surface area (Å²) >= 11 is 0.892. The summed E-state index contributed by atoms with van der Waals surface area (Å²) in [5, 5.41) is 2.97. The Morgan fingerprint density at radius 2 is 1.78 bits per heavy atom. The van der Waals surface area contributed by atoms with Crippen molar-refractivity contribution < 1.29 is 21.6 Å². The molecule has 0 amide bonds. The van der Waals surface area contributed by atoms with E-state index in [0.717, 1.165) is 34.7 Å². The molecule has 0 bridgehead atoms. The van der Waals surface area contributed by atoms with Gasteiger partial charge in [-0.15, -0.1) is 0 Å². The van der Waals surface area contributed by atoms with Gasteiger partial charge in [0.2, 0.25) is 0 Å². The van der Waals surface area contributed by atoms with Gasteiger partial charge in [0.25, 0.3) is 10.0 Å². The van der Waals surface area contributed by atoms with Gasteiger partial charge in [0.15, 0.2) is 15.0 Å². The second-order valence-electron chi connectivity index (χ2n) is 9.39. The Morgan fingerprint density at radius 1 is 1.05 bits per heavy atom. The van der Waals surface area contributed by atoms with E-state index in [-0.39, 0.29) is 21.2 Å². The maximum atomic E-state index is 13.3. The van der Waals surface area contributed by atoms with Crippen molar-refractivity contribution in [1.82, 2.24) is 28.7 Å². The molecule has 15 heteroatoms.